The molecule has 0 aromatic heterocycles. The molecule has 1 amide bonds. The highest BCUT2D eigenvalue weighted by Gasteiger charge is 2.61. The van der Waals surface area contributed by atoms with Gasteiger partial charge in [0.2, 0.25) is 5.79 Å². The molecule has 5 aliphatic rings. The summed E-state index contributed by atoms with van der Waals surface area (Å²) >= 11 is 0. The molecule has 6 rings (SSSR count). The summed E-state index contributed by atoms with van der Waals surface area (Å²) in [6.07, 6.45) is 0.981. The Labute approximate surface area is 338 Å². The third-order valence-electron chi connectivity index (χ3n) is 14.4. The van der Waals surface area contributed by atoms with Crippen LogP contribution < -0.4 is 5.32 Å². The van der Waals surface area contributed by atoms with Crippen LogP contribution in [0.1, 0.15) is 111 Å². The van der Waals surface area contributed by atoms with Crippen LogP contribution in [-0.4, -0.2) is 107 Å². The number of carbonyl (C=O) groups is 2. The number of ether oxygens (including phenoxy) is 7. The zero-order valence-corrected chi connectivity index (χ0v) is 35.7. The van der Waals surface area contributed by atoms with Crippen molar-refractivity contribution in [2.75, 3.05) is 13.7 Å². The minimum atomic E-state index is -1.66. The molecule has 5 saturated heterocycles. The number of carboxylic acids is 1. The normalized spacial score (nSPS) is 43.8. The maximum Gasteiger partial charge on any atom is 0.407 e. The van der Waals surface area contributed by atoms with E-state index in [0.717, 1.165) is 30.4 Å². The lowest BCUT2D eigenvalue weighted by atomic mass is 9.78. The van der Waals surface area contributed by atoms with Gasteiger partial charge in [0.25, 0.3) is 0 Å². The maximum atomic E-state index is 12.6. The van der Waals surface area contributed by atoms with Gasteiger partial charge in [-0.3, -0.25) is 4.79 Å². The molecule has 5 heterocycles. The minimum Gasteiger partial charge on any atom is -0.481 e. The number of nitrogens with one attached hydrogen (secondary N) is 1. The standard InChI is InChI=1S/C44H69NO12/c1-24-11-13-31(14-12-24)22-45-40(49)52-23-44(50)27(4)19-25(2)35(56-44)33-20-26(3)38(53-33)42(9)16-15-34(54-42)41(8)17-18-43(57-41)21-32(46)28(5)37(55-43)29(6)36(51-10)30(7)39(47)48/h11-14,25-30,32-38,46,50H,15-23H2,1-10H3,(H,45,49)(H,47,48)/t25-,26-,27+,28+,29-,30?,32-,33+,34+,35-,36+,37-,38+,41-,42-,43+,44-/m0/s1. The van der Waals surface area contributed by atoms with Crippen molar-refractivity contribution in [1.29, 1.82) is 0 Å². The van der Waals surface area contributed by atoms with E-state index in [2.05, 4.69) is 33.0 Å². The van der Waals surface area contributed by atoms with Crippen molar-refractivity contribution in [3.8, 4) is 0 Å². The molecule has 1 aromatic rings. The Morgan fingerprint density at radius 3 is 2.33 bits per heavy atom. The summed E-state index contributed by atoms with van der Waals surface area (Å²) in [6.45, 7) is 17.9. The largest absolute Gasteiger partial charge is 0.481 e. The quantitative estimate of drug-likeness (QED) is 0.191. The van der Waals surface area contributed by atoms with Gasteiger partial charge in [-0.2, -0.15) is 0 Å². The number of aliphatic hydroxyl groups excluding tert-OH is 1. The highest BCUT2D eigenvalue weighted by Crippen LogP contribution is 2.54. The van der Waals surface area contributed by atoms with Crippen molar-refractivity contribution in [3.63, 3.8) is 0 Å². The van der Waals surface area contributed by atoms with E-state index in [4.69, 9.17) is 33.2 Å². The highest BCUT2D eigenvalue weighted by atomic mass is 16.7. The number of alkyl carbamates (subject to hydrolysis) is 1. The predicted molar refractivity (Wildman–Crippen MR) is 210 cm³/mol. The number of benzene rings is 1. The minimum absolute atomic E-state index is 0.102. The summed E-state index contributed by atoms with van der Waals surface area (Å²) in [7, 11) is 1.52. The van der Waals surface area contributed by atoms with E-state index in [1.165, 1.54) is 7.11 Å². The van der Waals surface area contributed by atoms with Crippen molar-refractivity contribution in [2.24, 2.45) is 35.5 Å². The van der Waals surface area contributed by atoms with E-state index in [1.54, 1.807) is 6.92 Å². The molecule has 0 radical (unpaired) electrons. The van der Waals surface area contributed by atoms with Crippen molar-refractivity contribution < 1.29 is 58.1 Å². The number of hydrogen-bond donors (Lipinski definition) is 4. The lowest BCUT2D eigenvalue weighted by Crippen LogP contribution is -2.57. The van der Waals surface area contributed by atoms with Crippen molar-refractivity contribution in [1.82, 2.24) is 5.32 Å². The third-order valence-corrected chi connectivity index (χ3v) is 14.4. The Hall–Kier alpha value is -2.36. The molecule has 0 saturated carbocycles. The number of aliphatic hydroxyl groups is 2. The number of carboxylic acid groups (broad SMARTS) is 1. The van der Waals surface area contributed by atoms with Gasteiger partial charge in [0.05, 0.1) is 59.8 Å². The van der Waals surface area contributed by atoms with Crippen LogP contribution in [-0.2, 0) is 44.5 Å². The molecule has 322 valence electrons. The van der Waals surface area contributed by atoms with Gasteiger partial charge in [-0.05, 0) is 77.2 Å². The lowest BCUT2D eigenvalue weighted by molar-refractivity contribution is -0.336. The summed E-state index contributed by atoms with van der Waals surface area (Å²) in [5, 5.41) is 35.5. The number of aryl methyl sites for hydroxylation is 1. The Kier molecular flexibility index (Phi) is 13.1. The number of rotatable bonds is 12. The van der Waals surface area contributed by atoms with Crippen LogP contribution in [0.4, 0.5) is 4.79 Å². The molecule has 1 aromatic carbocycles. The molecular formula is C44H69NO12. The molecule has 5 aliphatic heterocycles. The summed E-state index contributed by atoms with van der Waals surface area (Å²) in [6, 6.07) is 7.88. The first-order valence-corrected chi connectivity index (χ1v) is 21.2. The second-order valence-corrected chi connectivity index (χ2v) is 18.9. The van der Waals surface area contributed by atoms with Gasteiger partial charge in [-0.1, -0.05) is 64.4 Å². The first-order chi connectivity index (χ1) is 26.7. The molecule has 0 aliphatic carbocycles. The van der Waals surface area contributed by atoms with Crippen LogP contribution >= 0.6 is 0 Å². The van der Waals surface area contributed by atoms with E-state index in [1.807, 2.05) is 52.0 Å². The second kappa shape index (κ2) is 17.0. The fourth-order valence-electron chi connectivity index (χ4n) is 10.7. The van der Waals surface area contributed by atoms with E-state index in [-0.39, 0.29) is 54.5 Å². The van der Waals surface area contributed by atoms with Crippen molar-refractivity contribution in [2.45, 2.75) is 179 Å². The number of carbonyl (C=O) groups excluding carboxylic acids is 1. The van der Waals surface area contributed by atoms with E-state index < -0.39 is 65.2 Å². The topological polar surface area (TPSA) is 171 Å². The van der Waals surface area contributed by atoms with E-state index in [9.17, 15) is 24.9 Å². The van der Waals surface area contributed by atoms with Gasteiger partial charge in [-0.25, -0.2) is 4.79 Å². The Balaban J connectivity index is 1.06. The summed E-state index contributed by atoms with van der Waals surface area (Å²) in [5.74, 6) is -4.94. The number of amides is 1. The van der Waals surface area contributed by atoms with Gasteiger partial charge in [0, 0.05) is 44.2 Å². The molecule has 0 bridgehead atoms. The smallest absolute Gasteiger partial charge is 0.407 e. The average molecular weight is 804 g/mol. The molecule has 13 heteroatoms. The predicted octanol–water partition coefficient (Wildman–Crippen LogP) is 6.13. The number of aliphatic carboxylic acids is 1. The SMILES string of the molecule is CO[C@@H](C(C)C(=O)O)[C@H](C)[C@H]1O[C@@]2(CC[C@@](C)([C@H]3CC[C@@](C)([C@@H]4O[C@@H]([C@H]5O[C@@](O)(COC(=O)NCc6ccc(C)cc6)[C@H](C)C[C@@H]5C)C[C@@H]4C)O3)O2)C[C@H](O)[C@H]1C. The summed E-state index contributed by atoms with van der Waals surface area (Å²) in [4.78, 5) is 24.5. The molecule has 1 spiro atoms. The molecule has 4 N–H and O–H groups in total. The summed E-state index contributed by atoms with van der Waals surface area (Å²) < 4.78 is 45.2. The van der Waals surface area contributed by atoms with Crippen LogP contribution in [0.15, 0.2) is 24.3 Å². The van der Waals surface area contributed by atoms with E-state index in [0.29, 0.717) is 32.2 Å². The first-order valence-electron chi connectivity index (χ1n) is 21.2. The summed E-state index contributed by atoms with van der Waals surface area (Å²) in [5.41, 5.74) is 0.812. The van der Waals surface area contributed by atoms with Gasteiger partial charge in [0.1, 0.15) is 6.61 Å². The van der Waals surface area contributed by atoms with Gasteiger partial charge >= 0.3 is 12.1 Å². The monoisotopic (exact) mass is 803 g/mol. The van der Waals surface area contributed by atoms with E-state index >= 15 is 0 Å². The molecule has 17 atom stereocenters. The van der Waals surface area contributed by atoms with Crippen molar-refractivity contribution >= 4 is 12.1 Å². The fourth-order valence-corrected chi connectivity index (χ4v) is 10.7. The Bertz CT molecular complexity index is 1560. The lowest BCUT2D eigenvalue weighted by Gasteiger charge is -2.48. The fraction of sp³-hybridized carbons (Fsp3) is 0.818. The molecule has 13 nitrogen and oxygen atoms in total. The third kappa shape index (κ3) is 9.06. The van der Waals surface area contributed by atoms with Crippen molar-refractivity contribution in [3.05, 3.63) is 35.4 Å². The van der Waals surface area contributed by atoms with Crippen LogP contribution in [0.2, 0.25) is 0 Å². The Morgan fingerprint density at radius 1 is 0.965 bits per heavy atom. The van der Waals surface area contributed by atoms with Gasteiger partial charge in [-0.15, -0.1) is 0 Å². The molecule has 1 unspecified atom stereocenters. The second-order valence-electron chi connectivity index (χ2n) is 18.9. The van der Waals surface area contributed by atoms with Crippen LogP contribution in [0.5, 0.6) is 0 Å². The zero-order valence-electron chi connectivity index (χ0n) is 35.7. The van der Waals surface area contributed by atoms with Crippen LogP contribution in [0, 0.1) is 42.4 Å². The average Bonchev–Trinajstić information content (AvgIpc) is 3.86. The Morgan fingerprint density at radius 2 is 1.67 bits per heavy atom. The molecule has 57 heavy (non-hydrogen) atoms. The number of methoxy groups -OCH3 is 1. The maximum absolute atomic E-state index is 12.6. The van der Waals surface area contributed by atoms with Crippen LogP contribution in [0.25, 0.3) is 0 Å². The van der Waals surface area contributed by atoms with Gasteiger partial charge < -0.3 is 53.8 Å². The molecule has 5 fully saturated rings. The zero-order chi connectivity index (χ0) is 41.7. The van der Waals surface area contributed by atoms with Gasteiger partial charge in [0.15, 0.2) is 5.79 Å². The number of hydrogen-bond acceptors (Lipinski definition) is 11. The molecular weight excluding hydrogens is 734 g/mol. The van der Waals surface area contributed by atoms with Crippen LogP contribution in [0.3, 0.4) is 0 Å². The highest BCUT2D eigenvalue weighted by molar-refractivity contribution is 5.70. The first kappa shape index (κ1) is 44.2.